The standard InChI is InChI=1S/C19H22N4O3.ClH/c1-12-16(8-4-9-17(12)23(25)26)21-19(24)13(2)22-11-5-6-14-15(20)7-3-10-18(14)22;/h3-4,7-10,13H,5-6,11,20H2,1-2H3,(H,21,24);1H. The van der Waals surface area contributed by atoms with Gasteiger partial charge in [-0.15, -0.1) is 12.4 Å². The van der Waals surface area contributed by atoms with Crippen molar-refractivity contribution in [1.82, 2.24) is 0 Å². The Morgan fingerprint density at radius 3 is 2.70 bits per heavy atom. The van der Waals surface area contributed by atoms with Crippen LogP contribution in [0.2, 0.25) is 0 Å². The number of nitro benzene ring substituents is 1. The van der Waals surface area contributed by atoms with Crippen molar-refractivity contribution in [3.8, 4) is 0 Å². The fourth-order valence-corrected chi connectivity index (χ4v) is 3.42. The second-order valence-electron chi connectivity index (χ2n) is 6.51. The first-order chi connectivity index (χ1) is 12.4. The minimum atomic E-state index is -0.446. The Hall–Kier alpha value is -2.80. The molecule has 0 aliphatic carbocycles. The van der Waals surface area contributed by atoms with E-state index in [4.69, 9.17) is 5.73 Å². The van der Waals surface area contributed by atoms with Gasteiger partial charge >= 0.3 is 0 Å². The van der Waals surface area contributed by atoms with E-state index in [1.165, 1.54) is 6.07 Å². The molecule has 1 heterocycles. The maximum absolute atomic E-state index is 12.8. The van der Waals surface area contributed by atoms with Crippen LogP contribution in [-0.2, 0) is 11.2 Å². The lowest BCUT2D eigenvalue weighted by molar-refractivity contribution is -0.385. The summed E-state index contributed by atoms with van der Waals surface area (Å²) in [6.07, 6.45) is 1.82. The van der Waals surface area contributed by atoms with Crippen LogP contribution >= 0.6 is 12.4 Å². The molecule has 1 aliphatic heterocycles. The lowest BCUT2D eigenvalue weighted by Gasteiger charge is -2.36. The van der Waals surface area contributed by atoms with Crippen LogP contribution in [-0.4, -0.2) is 23.4 Å². The average molecular weight is 391 g/mol. The van der Waals surface area contributed by atoms with Gasteiger partial charge in [0.2, 0.25) is 5.91 Å². The van der Waals surface area contributed by atoms with Crippen molar-refractivity contribution in [3.05, 3.63) is 57.6 Å². The van der Waals surface area contributed by atoms with E-state index in [-0.39, 0.29) is 24.0 Å². The summed E-state index contributed by atoms with van der Waals surface area (Å²) in [6, 6.07) is 10.00. The molecule has 27 heavy (non-hydrogen) atoms. The van der Waals surface area contributed by atoms with Crippen molar-refractivity contribution < 1.29 is 9.72 Å². The number of nitrogen functional groups attached to an aromatic ring is 1. The molecule has 0 radical (unpaired) electrons. The molecule has 0 aromatic heterocycles. The van der Waals surface area contributed by atoms with Crippen LogP contribution in [0.5, 0.6) is 0 Å². The molecule has 144 valence electrons. The van der Waals surface area contributed by atoms with Crippen LogP contribution in [0, 0.1) is 17.0 Å². The van der Waals surface area contributed by atoms with Crippen molar-refractivity contribution in [2.45, 2.75) is 32.7 Å². The van der Waals surface area contributed by atoms with Gasteiger partial charge in [0, 0.05) is 24.0 Å². The highest BCUT2D eigenvalue weighted by Gasteiger charge is 2.27. The van der Waals surface area contributed by atoms with Crippen molar-refractivity contribution >= 4 is 41.1 Å². The number of hydrogen-bond acceptors (Lipinski definition) is 5. The molecule has 1 amide bonds. The van der Waals surface area contributed by atoms with Crippen molar-refractivity contribution in [2.75, 3.05) is 22.5 Å². The molecule has 1 aliphatic rings. The summed E-state index contributed by atoms with van der Waals surface area (Å²) < 4.78 is 0. The quantitative estimate of drug-likeness (QED) is 0.471. The van der Waals surface area contributed by atoms with Gasteiger partial charge in [-0.05, 0) is 50.5 Å². The molecule has 3 rings (SSSR count). The highest BCUT2D eigenvalue weighted by Crippen LogP contribution is 2.33. The Kier molecular flexibility index (Phi) is 6.28. The summed E-state index contributed by atoms with van der Waals surface area (Å²) in [5.41, 5.74) is 9.77. The van der Waals surface area contributed by atoms with Gasteiger partial charge in [-0.3, -0.25) is 14.9 Å². The number of fused-ring (bicyclic) bond motifs is 1. The van der Waals surface area contributed by atoms with E-state index >= 15 is 0 Å². The Bertz CT molecular complexity index is 872. The minimum Gasteiger partial charge on any atom is -0.398 e. The number of amides is 1. The Labute approximate surface area is 164 Å². The normalized spacial score (nSPS) is 13.9. The van der Waals surface area contributed by atoms with E-state index < -0.39 is 11.0 Å². The number of hydrogen-bond donors (Lipinski definition) is 2. The molecule has 0 saturated heterocycles. The van der Waals surface area contributed by atoms with E-state index in [9.17, 15) is 14.9 Å². The second-order valence-corrected chi connectivity index (χ2v) is 6.51. The average Bonchev–Trinajstić information content (AvgIpc) is 2.62. The number of halogens is 1. The van der Waals surface area contributed by atoms with Gasteiger partial charge in [-0.25, -0.2) is 0 Å². The third-order valence-corrected chi connectivity index (χ3v) is 4.93. The highest BCUT2D eigenvalue weighted by atomic mass is 35.5. The zero-order valence-corrected chi connectivity index (χ0v) is 16.1. The number of nitrogens with one attached hydrogen (secondary N) is 1. The number of carbonyl (C=O) groups is 1. The maximum atomic E-state index is 12.8. The van der Waals surface area contributed by atoms with Crippen LogP contribution in [0.15, 0.2) is 36.4 Å². The molecule has 2 aromatic rings. The third kappa shape index (κ3) is 3.98. The summed E-state index contributed by atoms with van der Waals surface area (Å²) in [5, 5.41) is 13.9. The first-order valence-electron chi connectivity index (χ1n) is 8.59. The summed E-state index contributed by atoms with van der Waals surface area (Å²) >= 11 is 0. The Balaban J connectivity index is 0.00000261. The molecule has 0 fully saturated rings. The van der Waals surface area contributed by atoms with Crippen LogP contribution in [0.3, 0.4) is 0 Å². The van der Waals surface area contributed by atoms with Gasteiger partial charge in [-0.1, -0.05) is 12.1 Å². The van der Waals surface area contributed by atoms with Gasteiger partial charge in [0.1, 0.15) is 6.04 Å². The zero-order valence-electron chi connectivity index (χ0n) is 15.3. The lowest BCUT2D eigenvalue weighted by atomic mass is 9.98. The monoisotopic (exact) mass is 390 g/mol. The van der Waals surface area contributed by atoms with Gasteiger partial charge in [-0.2, -0.15) is 0 Å². The number of nitro groups is 1. The summed E-state index contributed by atoms with van der Waals surface area (Å²) in [4.78, 5) is 25.5. The van der Waals surface area contributed by atoms with Crippen LogP contribution in [0.25, 0.3) is 0 Å². The number of carbonyl (C=O) groups excluding carboxylic acids is 1. The zero-order chi connectivity index (χ0) is 18.8. The molecular formula is C19H23ClN4O3. The highest BCUT2D eigenvalue weighted by molar-refractivity contribution is 5.98. The third-order valence-electron chi connectivity index (χ3n) is 4.93. The largest absolute Gasteiger partial charge is 0.398 e. The maximum Gasteiger partial charge on any atom is 0.274 e. The topological polar surface area (TPSA) is 102 Å². The van der Waals surface area contributed by atoms with Gasteiger partial charge in [0.15, 0.2) is 0 Å². The number of anilines is 3. The first-order valence-corrected chi connectivity index (χ1v) is 8.59. The molecule has 7 nitrogen and oxygen atoms in total. The van der Waals surface area contributed by atoms with Crippen molar-refractivity contribution in [1.29, 1.82) is 0 Å². The van der Waals surface area contributed by atoms with E-state index in [1.54, 1.807) is 19.1 Å². The number of rotatable bonds is 4. The van der Waals surface area contributed by atoms with E-state index in [0.29, 0.717) is 11.3 Å². The molecule has 3 N–H and O–H groups in total. The molecule has 8 heteroatoms. The summed E-state index contributed by atoms with van der Waals surface area (Å²) in [5.74, 6) is -0.205. The van der Waals surface area contributed by atoms with Gasteiger partial charge < -0.3 is 16.0 Å². The molecule has 1 unspecified atom stereocenters. The fourth-order valence-electron chi connectivity index (χ4n) is 3.42. The Morgan fingerprint density at radius 1 is 1.30 bits per heavy atom. The Morgan fingerprint density at radius 2 is 2.00 bits per heavy atom. The molecule has 2 aromatic carbocycles. The van der Waals surface area contributed by atoms with Crippen molar-refractivity contribution in [3.63, 3.8) is 0 Å². The first kappa shape index (κ1) is 20.5. The predicted octanol–water partition coefficient (Wildman–Crippen LogP) is 3.69. The second kappa shape index (κ2) is 8.26. The van der Waals surface area contributed by atoms with Crippen molar-refractivity contribution in [2.24, 2.45) is 0 Å². The molecular weight excluding hydrogens is 368 g/mol. The molecule has 0 saturated carbocycles. The van der Waals surface area contributed by atoms with Crippen LogP contribution in [0.4, 0.5) is 22.7 Å². The molecule has 1 atom stereocenters. The van der Waals surface area contributed by atoms with E-state index in [1.807, 2.05) is 30.0 Å². The smallest absolute Gasteiger partial charge is 0.274 e. The molecule has 0 spiro atoms. The summed E-state index contributed by atoms with van der Waals surface area (Å²) in [6.45, 7) is 4.23. The lowest BCUT2D eigenvalue weighted by Crippen LogP contribution is -2.44. The van der Waals surface area contributed by atoms with Gasteiger partial charge in [0.25, 0.3) is 5.69 Å². The molecule has 0 bridgehead atoms. The SMILES string of the molecule is Cc1c(NC(=O)C(C)N2CCCc3c(N)cccc32)cccc1[N+](=O)[O-].Cl. The fraction of sp³-hybridized carbons (Fsp3) is 0.316. The van der Waals surface area contributed by atoms with E-state index in [2.05, 4.69) is 5.32 Å². The van der Waals surface area contributed by atoms with Gasteiger partial charge in [0.05, 0.1) is 16.2 Å². The van der Waals surface area contributed by atoms with Crippen LogP contribution in [0.1, 0.15) is 24.5 Å². The van der Waals surface area contributed by atoms with E-state index in [0.717, 1.165) is 36.3 Å². The number of nitrogens with zero attached hydrogens (tertiary/aromatic N) is 2. The minimum absolute atomic E-state index is 0. The number of nitrogens with two attached hydrogens (primary N) is 1. The predicted molar refractivity (Wildman–Crippen MR) is 110 cm³/mol. The summed E-state index contributed by atoms with van der Waals surface area (Å²) in [7, 11) is 0. The number of benzene rings is 2. The van der Waals surface area contributed by atoms with Crippen LogP contribution < -0.4 is 16.0 Å².